The fourth-order valence-electron chi connectivity index (χ4n) is 2.68. The Morgan fingerprint density at radius 1 is 0.962 bits per heavy atom. The Bertz CT molecular complexity index is 659. The first-order chi connectivity index (χ1) is 12.6. The van der Waals surface area contributed by atoms with Gasteiger partial charge in [-0.2, -0.15) is 0 Å². The van der Waals surface area contributed by atoms with Gasteiger partial charge in [0.1, 0.15) is 0 Å². The molecule has 2 aromatic rings. The zero-order valence-electron chi connectivity index (χ0n) is 15.6. The third kappa shape index (κ3) is 7.20. The van der Waals surface area contributed by atoms with Gasteiger partial charge in [0.2, 0.25) is 5.91 Å². The highest BCUT2D eigenvalue weighted by molar-refractivity contribution is 7.89. The summed E-state index contributed by atoms with van der Waals surface area (Å²) in [6.07, 6.45) is 4.32. The molecule has 0 radical (unpaired) electrons. The maximum atomic E-state index is 12.0. The van der Waals surface area contributed by atoms with Crippen LogP contribution in [0.4, 0.5) is 0 Å². The highest BCUT2D eigenvalue weighted by atomic mass is 32.2. The number of benzene rings is 2. The highest BCUT2D eigenvalue weighted by Gasteiger charge is 2.13. The Balaban J connectivity index is 1.60. The first-order valence-electron chi connectivity index (χ1n) is 9.05. The molecule has 4 nitrogen and oxygen atoms in total. The first-order valence-corrected chi connectivity index (χ1v) is 10.2. The van der Waals surface area contributed by atoms with Gasteiger partial charge >= 0.3 is 0 Å². The van der Waals surface area contributed by atoms with Crippen molar-refractivity contribution in [2.24, 2.45) is 0 Å². The normalized spacial score (nSPS) is 12.2. The van der Waals surface area contributed by atoms with Crippen LogP contribution in [0.1, 0.15) is 30.4 Å². The second-order valence-corrected chi connectivity index (χ2v) is 8.20. The molecule has 140 valence electrons. The second kappa shape index (κ2) is 11.0. The van der Waals surface area contributed by atoms with Crippen molar-refractivity contribution in [3.63, 3.8) is 0 Å². The number of carbonyl (C=O) groups is 1. The van der Waals surface area contributed by atoms with Crippen molar-refractivity contribution in [2.45, 2.75) is 37.0 Å². The number of hydrogen-bond acceptors (Lipinski definition) is 3. The van der Waals surface area contributed by atoms with Gasteiger partial charge in [-0.25, -0.2) is 0 Å². The van der Waals surface area contributed by atoms with Gasteiger partial charge in [0.05, 0.1) is 11.4 Å². The van der Waals surface area contributed by atoms with Gasteiger partial charge in [0.15, 0.2) is 4.90 Å². The van der Waals surface area contributed by atoms with Crippen LogP contribution in [0.15, 0.2) is 59.5 Å². The van der Waals surface area contributed by atoms with E-state index in [4.69, 9.17) is 0 Å². The quantitative estimate of drug-likeness (QED) is 0.514. The molecule has 1 amide bonds. The predicted octanol–water partition coefficient (Wildman–Crippen LogP) is 3.34. The van der Waals surface area contributed by atoms with Crippen molar-refractivity contribution < 1.29 is 9.35 Å². The summed E-state index contributed by atoms with van der Waals surface area (Å²) < 4.78 is 13.6. The van der Waals surface area contributed by atoms with Crippen LogP contribution in [0.5, 0.6) is 0 Å². The van der Waals surface area contributed by atoms with E-state index in [-0.39, 0.29) is 5.91 Å². The lowest BCUT2D eigenvalue weighted by molar-refractivity contribution is -0.121. The minimum absolute atomic E-state index is 0.114. The third-order valence-corrected chi connectivity index (χ3v) is 5.49. The van der Waals surface area contributed by atoms with Crippen molar-refractivity contribution in [3.8, 4) is 0 Å². The second-order valence-electron chi connectivity index (χ2n) is 6.50. The van der Waals surface area contributed by atoms with Crippen LogP contribution in [0.2, 0.25) is 0 Å². The summed E-state index contributed by atoms with van der Waals surface area (Å²) in [7, 11) is 3.58. The Morgan fingerprint density at radius 3 is 2.27 bits per heavy atom. The average molecular weight is 373 g/mol. The lowest BCUT2D eigenvalue weighted by Crippen LogP contribution is -2.25. The lowest BCUT2D eigenvalue weighted by atomic mass is 10.1. The molecule has 1 N–H and O–H groups in total. The van der Waals surface area contributed by atoms with Gasteiger partial charge in [-0.05, 0) is 48.9 Å². The Kier molecular flexibility index (Phi) is 8.68. The topological polar surface area (TPSA) is 55.4 Å². The van der Waals surface area contributed by atoms with E-state index in [0.717, 1.165) is 36.1 Å². The van der Waals surface area contributed by atoms with E-state index in [1.165, 1.54) is 5.56 Å². The minimum Gasteiger partial charge on any atom is -0.593 e. The van der Waals surface area contributed by atoms with Crippen LogP contribution in [0.3, 0.4) is 0 Å². The number of aryl methyl sites for hydroxylation is 1. The molecule has 0 heterocycles. The molecule has 0 aliphatic carbocycles. The summed E-state index contributed by atoms with van der Waals surface area (Å²) >= 11 is -1.11. The molecule has 1 atom stereocenters. The van der Waals surface area contributed by atoms with Crippen molar-refractivity contribution >= 4 is 17.3 Å². The number of rotatable bonds is 10. The number of unbranched alkanes of at least 4 members (excludes halogenated alkanes) is 1. The molecule has 0 bridgehead atoms. The summed E-state index contributed by atoms with van der Waals surface area (Å²) in [4.78, 5) is 12.7. The van der Waals surface area contributed by atoms with E-state index < -0.39 is 11.4 Å². The van der Waals surface area contributed by atoms with E-state index in [9.17, 15) is 9.35 Å². The molecule has 26 heavy (non-hydrogen) atoms. The Hall–Kier alpha value is -1.82. The maximum absolute atomic E-state index is 12.0. The Morgan fingerprint density at radius 2 is 1.62 bits per heavy atom. The highest BCUT2D eigenvalue weighted by Crippen LogP contribution is 2.14. The standard InChI is InChI=1S/C21H28N2O2S/c1-23(2)26(25)20-14-12-19(13-15-20)16-17-22-21(24)11-7-6-10-18-8-4-3-5-9-18/h3-5,8-9,12-15H,6-7,10-11,16-17H2,1-2H3,(H,22,24). The largest absolute Gasteiger partial charge is 0.593 e. The molecule has 0 spiro atoms. The molecule has 0 aliphatic rings. The molecule has 0 saturated carbocycles. The zero-order valence-corrected chi connectivity index (χ0v) is 16.4. The molecule has 0 fully saturated rings. The van der Waals surface area contributed by atoms with E-state index >= 15 is 0 Å². The van der Waals surface area contributed by atoms with Crippen LogP contribution in [0.25, 0.3) is 0 Å². The molecule has 2 rings (SSSR count). The van der Waals surface area contributed by atoms with Gasteiger partial charge in [0, 0.05) is 27.1 Å². The number of carbonyl (C=O) groups excluding carboxylic acids is 1. The van der Waals surface area contributed by atoms with Crippen molar-refractivity contribution in [1.82, 2.24) is 9.62 Å². The van der Waals surface area contributed by atoms with Gasteiger partial charge < -0.3 is 9.87 Å². The van der Waals surface area contributed by atoms with E-state index in [2.05, 4.69) is 17.4 Å². The van der Waals surface area contributed by atoms with Gasteiger partial charge in [-0.15, -0.1) is 4.31 Å². The monoisotopic (exact) mass is 372 g/mol. The molecule has 0 aliphatic heterocycles. The summed E-state index contributed by atoms with van der Waals surface area (Å²) in [6.45, 7) is 0.633. The minimum atomic E-state index is -1.11. The summed E-state index contributed by atoms with van der Waals surface area (Å²) in [5.41, 5.74) is 2.46. The fourth-order valence-corrected chi connectivity index (χ4v) is 3.47. The van der Waals surface area contributed by atoms with E-state index in [1.54, 1.807) is 18.4 Å². The van der Waals surface area contributed by atoms with Gasteiger partial charge in [-0.3, -0.25) is 4.79 Å². The molecule has 2 aromatic carbocycles. The van der Waals surface area contributed by atoms with Crippen LogP contribution >= 0.6 is 0 Å². The van der Waals surface area contributed by atoms with E-state index in [0.29, 0.717) is 13.0 Å². The predicted molar refractivity (Wildman–Crippen MR) is 107 cm³/mol. The molecule has 5 heteroatoms. The fraction of sp³-hybridized carbons (Fsp3) is 0.381. The number of nitrogens with zero attached hydrogens (tertiary/aromatic N) is 1. The van der Waals surface area contributed by atoms with Crippen LogP contribution in [-0.2, 0) is 29.0 Å². The SMILES string of the molecule is CN(C)[S+]([O-])c1ccc(CCNC(=O)CCCCc2ccccc2)cc1. The molecular weight excluding hydrogens is 344 g/mol. The van der Waals surface area contributed by atoms with Crippen molar-refractivity contribution in [1.29, 1.82) is 0 Å². The maximum Gasteiger partial charge on any atom is 0.220 e. The molecule has 0 saturated heterocycles. The molecular formula is C21H28N2O2S. The third-order valence-electron chi connectivity index (χ3n) is 4.15. The first kappa shape index (κ1) is 20.5. The Labute approximate surface area is 159 Å². The van der Waals surface area contributed by atoms with Crippen molar-refractivity contribution in [2.75, 3.05) is 20.6 Å². The van der Waals surface area contributed by atoms with Gasteiger partial charge in [-0.1, -0.05) is 42.5 Å². The van der Waals surface area contributed by atoms with Crippen LogP contribution < -0.4 is 5.32 Å². The number of amides is 1. The molecule has 0 aromatic heterocycles. The number of nitrogens with one attached hydrogen (secondary N) is 1. The zero-order chi connectivity index (χ0) is 18.8. The van der Waals surface area contributed by atoms with Crippen LogP contribution in [0, 0.1) is 0 Å². The van der Waals surface area contributed by atoms with Crippen molar-refractivity contribution in [3.05, 3.63) is 65.7 Å². The summed E-state index contributed by atoms with van der Waals surface area (Å²) in [6, 6.07) is 18.1. The lowest BCUT2D eigenvalue weighted by Gasteiger charge is -2.15. The summed E-state index contributed by atoms with van der Waals surface area (Å²) in [5, 5.41) is 2.98. The number of hydrogen-bond donors (Lipinski definition) is 1. The van der Waals surface area contributed by atoms with Gasteiger partial charge in [0.25, 0.3) is 0 Å². The summed E-state index contributed by atoms with van der Waals surface area (Å²) in [5.74, 6) is 0.114. The smallest absolute Gasteiger partial charge is 0.220 e. The van der Waals surface area contributed by atoms with Crippen LogP contribution in [-0.4, -0.2) is 35.4 Å². The van der Waals surface area contributed by atoms with E-state index in [1.807, 2.05) is 42.5 Å². The molecule has 1 unspecified atom stereocenters. The average Bonchev–Trinajstić information content (AvgIpc) is 2.66.